The molecule has 4 heteroatoms. The van der Waals surface area contributed by atoms with Crippen molar-refractivity contribution in [1.29, 1.82) is 0 Å². The summed E-state index contributed by atoms with van der Waals surface area (Å²) in [4.78, 5) is 0. The Kier molecular flexibility index (Phi) is 12.7. The third-order valence-corrected chi connectivity index (χ3v) is 3.99. The summed E-state index contributed by atoms with van der Waals surface area (Å²) in [6.07, 6.45) is 2.40. The van der Waals surface area contributed by atoms with Crippen molar-refractivity contribution >= 4 is 0 Å². The molecular weight excluding hydrogens is 242 g/mol. The fourth-order valence-corrected chi connectivity index (χ4v) is 2.26. The van der Waals surface area contributed by atoms with Gasteiger partial charge in [-0.05, 0) is 33.6 Å². The summed E-state index contributed by atoms with van der Waals surface area (Å²) < 4.78 is 17.0. The second-order valence-corrected chi connectivity index (χ2v) is 4.94. The molecule has 0 radical (unpaired) electrons. The quantitative estimate of drug-likeness (QED) is 0.360. The number of methoxy groups -OCH3 is 1. The highest BCUT2D eigenvalue weighted by atomic mass is 16.5. The van der Waals surface area contributed by atoms with Crippen LogP contribution in [0.15, 0.2) is 0 Å². The topological polar surface area (TPSA) is 27.7 Å². The normalized spacial score (nSPS) is 12.0. The van der Waals surface area contributed by atoms with E-state index in [0.29, 0.717) is 26.4 Å². The van der Waals surface area contributed by atoms with E-state index in [1.165, 1.54) is 37.1 Å². The van der Waals surface area contributed by atoms with Crippen molar-refractivity contribution in [2.45, 2.75) is 33.6 Å². The van der Waals surface area contributed by atoms with E-state index in [0.717, 1.165) is 13.0 Å². The Morgan fingerprint density at radius 1 is 0.684 bits per heavy atom. The van der Waals surface area contributed by atoms with E-state index in [1.807, 2.05) is 0 Å². The summed E-state index contributed by atoms with van der Waals surface area (Å²) in [6, 6.07) is 0. The maximum absolute atomic E-state index is 5.56. The van der Waals surface area contributed by atoms with E-state index >= 15 is 0 Å². The zero-order valence-corrected chi connectivity index (χ0v) is 13.5. The van der Waals surface area contributed by atoms with Gasteiger partial charge in [0.1, 0.15) is 0 Å². The molecule has 0 bridgehead atoms. The number of nitrogens with zero attached hydrogens (tertiary/aromatic N) is 1. The minimum atomic E-state index is 0.656. The van der Waals surface area contributed by atoms with Gasteiger partial charge in [-0.15, -0.1) is 0 Å². The van der Waals surface area contributed by atoms with Gasteiger partial charge >= 0.3 is 0 Å². The second-order valence-electron chi connectivity index (χ2n) is 4.94. The monoisotopic (exact) mass is 276 g/mol. The first-order chi connectivity index (χ1) is 9.24. The van der Waals surface area contributed by atoms with Gasteiger partial charge in [0.05, 0.1) is 52.6 Å². The molecule has 19 heavy (non-hydrogen) atoms. The average molecular weight is 276 g/mol. The summed E-state index contributed by atoms with van der Waals surface area (Å²) in [5.74, 6) is 0. The highest BCUT2D eigenvalue weighted by molar-refractivity contribution is 4.43. The fraction of sp³-hybridized carbons (Fsp3) is 1.00. The molecule has 0 saturated carbocycles. The summed E-state index contributed by atoms with van der Waals surface area (Å²) in [7, 11) is 1.68. The zero-order chi connectivity index (χ0) is 14.4. The summed E-state index contributed by atoms with van der Waals surface area (Å²) >= 11 is 0. The van der Waals surface area contributed by atoms with Gasteiger partial charge in [-0.1, -0.05) is 0 Å². The van der Waals surface area contributed by atoms with E-state index < -0.39 is 0 Å². The molecule has 4 nitrogen and oxygen atoms in total. The molecule has 0 aliphatic rings. The van der Waals surface area contributed by atoms with Crippen LogP contribution >= 0.6 is 0 Å². The van der Waals surface area contributed by atoms with Gasteiger partial charge in [-0.2, -0.15) is 0 Å². The van der Waals surface area contributed by atoms with E-state index in [9.17, 15) is 0 Å². The summed E-state index contributed by atoms with van der Waals surface area (Å²) in [5.41, 5.74) is 0. The van der Waals surface area contributed by atoms with Crippen LogP contribution in [0.2, 0.25) is 0 Å². The van der Waals surface area contributed by atoms with Gasteiger partial charge in [0.25, 0.3) is 0 Å². The average Bonchev–Trinajstić information content (AvgIpc) is 2.46. The predicted molar refractivity (Wildman–Crippen MR) is 79.5 cm³/mol. The number of ether oxygens (including phenoxy) is 3. The second kappa shape index (κ2) is 12.9. The minimum absolute atomic E-state index is 0.656. The van der Waals surface area contributed by atoms with Crippen molar-refractivity contribution in [2.24, 2.45) is 0 Å². The van der Waals surface area contributed by atoms with E-state index in [4.69, 9.17) is 14.2 Å². The predicted octanol–water partition coefficient (Wildman–Crippen LogP) is 2.32. The highest BCUT2D eigenvalue weighted by Crippen LogP contribution is 2.08. The number of rotatable bonds is 14. The lowest BCUT2D eigenvalue weighted by Gasteiger charge is -2.35. The van der Waals surface area contributed by atoms with Gasteiger partial charge in [0.15, 0.2) is 0 Å². The van der Waals surface area contributed by atoms with Crippen LogP contribution in [-0.2, 0) is 14.2 Å². The van der Waals surface area contributed by atoms with Crippen molar-refractivity contribution in [3.63, 3.8) is 0 Å². The van der Waals surface area contributed by atoms with E-state index in [2.05, 4.69) is 20.8 Å². The first-order valence-corrected chi connectivity index (χ1v) is 7.74. The van der Waals surface area contributed by atoms with Crippen LogP contribution < -0.4 is 0 Å². The van der Waals surface area contributed by atoms with Crippen LogP contribution in [0.3, 0.4) is 0 Å². The zero-order valence-electron chi connectivity index (χ0n) is 13.5. The molecule has 0 amide bonds. The molecular formula is C15H34NO3+. The SMILES string of the molecule is CC[N+](CC)(CC)CCCCOCCOCCOC. The smallest absolute Gasteiger partial charge is 0.0787 e. The van der Waals surface area contributed by atoms with Crippen LogP contribution in [0.1, 0.15) is 33.6 Å². The molecule has 0 aliphatic heterocycles. The molecule has 0 rings (SSSR count). The lowest BCUT2D eigenvalue weighted by molar-refractivity contribution is -0.923. The first-order valence-electron chi connectivity index (χ1n) is 7.74. The Morgan fingerprint density at radius 3 is 1.74 bits per heavy atom. The third-order valence-electron chi connectivity index (χ3n) is 3.99. The maximum atomic E-state index is 5.56. The summed E-state index contributed by atoms with van der Waals surface area (Å²) in [5, 5.41) is 0. The Labute approximate surface area is 119 Å². The van der Waals surface area contributed by atoms with Crippen LogP contribution in [0.5, 0.6) is 0 Å². The lowest BCUT2D eigenvalue weighted by Crippen LogP contribution is -2.48. The van der Waals surface area contributed by atoms with Crippen molar-refractivity contribution < 1.29 is 18.7 Å². The van der Waals surface area contributed by atoms with Gasteiger partial charge < -0.3 is 18.7 Å². The third kappa shape index (κ3) is 9.38. The van der Waals surface area contributed by atoms with Crippen molar-refractivity contribution in [3.8, 4) is 0 Å². The standard InChI is InChI=1S/C15H34NO3/c1-5-16(6-2,7-3)10-8-9-11-18-14-15-19-13-12-17-4/h5-15H2,1-4H3/q+1. The van der Waals surface area contributed by atoms with Gasteiger partial charge in [0, 0.05) is 13.7 Å². The van der Waals surface area contributed by atoms with Gasteiger partial charge in [-0.25, -0.2) is 0 Å². The molecule has 0 saturated heterocycles. The summed E-state index contributed by atoms with van der Waals surface area (Å²) in [6.45, 7) is 15.4. The van der Waals surface area contributed by atoms with Crippen molar-refractivity contribution in [3.05, 3.63) is 0 Å². The molecule has 116 valence electrons. The Bertz CT molecular complexity index is 176. The largest absolute Gasteiger partial charge is 0.382 e. The fourth-order valence-electron chi connectivity index (χ4n) is 2.26. The first kappa shape index (κ1) is 18.8. The molecule has 0 unspecified atom stereocenters. The molecule has 0 heterocycles. The van der Waals surface area contributed by atoms with Crippen LogP contribution in [0, 0.1) is 0 Å². The highest BCUT2D eigenvalue weighted by Gasteiger charge is 2.19. The van der Waals surface area contributed by atoms with E-state index in [-0.39, 0.29) is 0 Å². The maximum Gasteiger partial charge on any atom is 0.0787 e. The van der Waals surface area contributed by atoms with Crippen molar-refractivity contribution in [1.82, 2.24) is 0 Å². The van der Waals surface area contributed by atoms with Crippen LogP contribution in [-0.4, -0.2) is 70.8 Å². The molecule has 0 fully saturated rings. The molecule has 0 N–H and O–H groups in total. The molecule has 0 aromatic carbocycles. The van der Waals surface area contributed by atoms with Crippen LogP contribution in [0.4, 0.5) is 0 Å². The molecule has 0 spiro atoms. The van der Waals surface area contributed by atoms with E-state index in [1.54, 1.807) is 7.11 Å². The Hall–Kier alpha value is -0.160. The van der Waals surface area contributed by atoms with Gasteiger partial charge in [-0.3, -0.25) is 0 Å². The Balaban J connectivity index is 3.35. The van der Waals surface area contributed by atoms with Crippen molar-refractivity contribution in [2.75, 3.05) is 66.3 Å². The molecule has 0 aromatic rings. The lowest BCUT2D eigenvalue weighted by atomic mass is 10.2. The Morgan fingerprint density at radius 2 is 1.21 bits per heavy atom. The number of unbranched alkanes of at least 4 members (excludes halogenated alkanes) is 1. The van der Waals surface area contributed by atoms with Crippen LogP contribution in [0.25, 0.3) is 0 Å². The molecule has 0 aromatic heterocycles. The minimum Gasteiger partial charge on any atom is -0.382 e. The number of quaternary nitrogens is 1. The number of hydrogen-bond donors (Lipinski definition) is 0. The molecule has 0 aliphatic carbocycles. The number of hydrogen-bond acceptors (Lipinski definition) is 3. The van der Waals surface area contributed by atoms with Gasteiger partial charge in [0.2, 0.25) is 0 Å². The molecule has 0 atom stereocenters.